The summed E-state index contributed by atoms with van der Waals surface area (Å²) in [6.45, 7) is 4.31. The largest absolute Gasteiger partial charge is 0.371 e. The van der Waals surface area contributed by atoms with E-state index in [-0.39, 0.29) is 0 Å². The first-order valence-electron chi connectivity index (χ1n) is 7.43. The lowest BCUT2D eigenvalue weighted by atomic mass is 9.96. The normalized spacial score (nSPS) is 16.9. The number of nitrogens with zero attached hydrogens (tertiary/aromatic N) is 2. The van der Waals surface area contributed by atoms with Gasteiger partial charge in [0.2, 0.25) is 0 Å². The molecule has 1 aromatic carbocycles. The zero-order valence-electron chi connectivity index (χ0n) is 12.8. The van der Waals surface area contributed by atoms with Crippen LogP contribution in [-0.2, 0) is 6.54 Å². The van der Waals surface area contributed by atoms with Gasteiger partial charge in [-0.2, -0.15) is 0 Å². The van der Waals surface area contributed by atoms with Gasteiger partial charge >= 0.3 is 0 Å². The molecule has 1 heterocycles. The number of anilines is 1. The van der Waals surface area contributed by atoms with Gasteiger partial charge in [0.05, 0.1) is 0 Å². The van der Waals surface area contributed by atoms with E-state index in [0.717, 1.165) is 30.6 Å². The molecule has 112 valence electrons. The van der Waals surface area contributed by atoms with Gasteiger partial charge in [0.25, 0.3) is 0 Å². The highest BCUT2D eigenvalue weighted by atomic mass is 35.5. The SMILES string of the molecule is CNCc1ccc(N2CCC(CN(C)C)CC2)cc1Cl. The molecule has 1 N–H and O–H groups in total. The van der Waals surface area contributed by atoms with Crippen LogP contribution in [0.4, 0.5) is 5.69 Å². The van der Waals surface area contributed by atoms with Crippen LogP contribution in [0.5, 0.6) is 0 Å². The van der Waals surface area contributed by atoms with Crippen molar-refractivity contribution in [3.63, 3.8) is 0 Å². The number of hydrogen-bond acceptors (Lipinski definition) is 3. The Hall–Kier alpha value is -0.770. The molecule has 1 aliphatic heterocycles. The molecule has 0 saturated carbocycles. The van der Waals surface area contributed by atoms with Crippen LogP contribution in [0.2, 0.25) is 5.02 Å². The summed E-state index contributed by atoms with van der Waals surface area (Å²) in [6, 6.07) is 6.45. The Kier molecular flexibility index (Phi) is 5.70. The molecule has 0 spiro atoms. The van der Waals surface area contributed by atoms with E-state index in [1.807, 2.05) is 7.05 Å². The molecule has 2 rings (SSSR count). The highest BCUT2D eigenvalue weighted by Gasteiger charge is 2.20. The van der Waals surface area contributed by atoms with E-state index < -0.39 is 0 Å². The van der Waals surface area contributed by atoms with E-state index in [1.54, 1.807) is 0 Å². The molecule has 0 aromatic heterocycles. The quantitative estimate of drug-likeness (QED) is 0.901. The molecule has 3 nitrogen and oxygen atoms in total. The first kappa shape index (κ1) is 15.6. The maximum Gasteiger partial charge on any atom is 0.0471 e. The van der Waals surface area contributed by atoms with E-state index in [4.69, 9.17) is 11.6 Å². The molecular weight excluding hydrogens is 270 g/mol. The van der Waals surface area contributed by atoms with Crippen LogP contribution in [0.25, 0.3) is 0 Å². The lowest BCUT2D eigenvalue weighted by Gasteiger charge is -2.35. The first-order chi connectivity index (χ1) is 9.60. The van der Waals surface area contributed by atoms with Crippen LogP contribution in [0.1, 0.15) is 18.4 Å². The summed E-state index contributed by atoms with van der Waals surface area (Å²) in [5.41, 5.74) is 2.43. The molecule has 20 heavy (non-hydrogen) atoms. The monoisotopic (exact) mass is 295 g/mol. The number of hydrogen-bond donors (Lipinski definition) is 1. The summed E-state index contributed by atoms with van der Waals surface area (Å²) < 4.78 is 0. The molecule has 4 heteroatoms. The fourth-order valence-electron chi connectivity index (χ4n) is 2.96. The summed E-state index contributed by atoms with van der Waals surface area (Å²) in [7, 11) is 6.26. The molecule has 1 aromatic rings. The molecule has 0 bridgehead atoms. The second-order valence-corrected chi connectivity index (χ2v) is 6.41. The predicted octanol–water partition coefficient (Wildman–Crippen LogP) is 2.84. The van der Waals surface area contributed by atoms with Gasteiger partial charge in [-0.1, -0.05) is 17.7 Å². The van der Waals surface area contributed by atoms with Crippen molar-refractivity contribution >= 4 is 17.3 Å². The zero-order chi connectivity index (χ0) is 14.5. The van der Waals surface area contributed by atoms with Crippen LogP contribution in [0.3, 0.4) is 0 Å². The van der Waals surface area contributed by atoms with Crippen LogP contribution < -0.4 is 10.2 Å². The zero-order valence-corrected chi connectivity index (χ0v) is 13.6. The predicted molar refractivity (Wildman–Crippen MR) is 87.7 cm³/mol. The number of benzene rings is 1. The Morgan fingerprint density at radius 1 is 1.30 bits per heavy atom. The summed E-state index contributed by atoms with van der Waals surface area (Å²) >= 11 is 6.35. The van der Waals surface area contributed by atoms with Gasteiger partial charge in [-0.25, -0.2) is 0 Å². The molecule has 1 fully saturated rings. The second kappa shape index (κ2) is 7.30. The Balaban J connectivity index is 1.95. The standard InChI is InChI=1S/C16H26ClN3/c1-18-11-14-4-5-15(10-16(14)17)20-8-6-13(7-9-20)12-19(2)3/h4-5,10,13,18H,6-9,11-12H2,1-3H3. The van der Waals surface area contributed by atoms with E-state index in [9.17, 15) is 0 Å². The number of piperidine rings is 1. The maximum atomic E-state index is 6.35. The van der Waals surface area contributed by atoms with E-state index in [1.165, 1.54) is 30.6 Å². The van der Waals surface area contributed by atoms with Crippen molar-refractivity contribution in [2.45, 2.75) is 19.4 Å². The second-order valence-electron chi connectivity index (χ2n) is 6.00. The van der Waals surface area contributed by atoms with Gasteiger partial charge < -0.3 is 15.1 Å². The summed E-state index contributed by atoms with van der Waals surface area (Å²) in [5.74, 6) is 0.834. The number of nitrogens with one attached hydrogen (secondary N) is 1. The van der Waals surface area contributed by atoms with Gasteiger partial charge in [-0.15, -0.1) is 0 Å². The van der Waals surface area contributed by atoms with Crippen molar-refractivity contribution in [2.24, 2.45) is 5.92 Å². The summed E-state index contributed by atoms with van der Waals surface area (Å²) in [4.78, 5) is 4.75. The number of halogens is 1. The molecule has 1 aliphatic rings. The summed E-state index contributed by atoms with van der Waals surface area (Å²) in [6.07, 6.45) is 2.54. The molecule has 0 atom stereocenters. The van der Waals surface area contributed by atoms with E-state index in [2.05, 4.69) is 47.4 Å². The van der Waals surface area contributed by atoms with Crippen molar-refractivity contribution in [1.29, 1.82) is 0 Å². The Bertz CT molecular complexity index is 426. The maximum absolute atomic E-state index is 6.35. The molecule has 0 aliphatic carbocycles. The average molecular weight is 296 g/mol. The van der Waals surface area contributed by atoms with Gasteiger partial charge in [-0.3, -0.25) is 0 Å². The third-order valence-electron chi connectivity index (χ3n) is 4.01. The molecule has 1 saturated heterocycles. The van der Waals surface area contributed by atoms with Crippen LogP contribution in [0.15, 0.2) is 18.2 Å². The lowest BCUT2D eigenvalue weighted by molar-refractivity contribution is 0.285. The molecule has 0 unspecified atom stereocenters. The fourth-order valence-corrected chi connectivity index (χ4v) is 3.20. The minimum Gasteiger partial charge on any atom is -0.371 e. The Labute approximate surface area is 127 Å². The molecule has 0 amide bonds. The Morgan fingerprint density at radius 3 is 2.55 bits per heavy atom. The number of rotatable bonds is 5. The van der Waals surface area contributed by atoms with Crippen molar-refractivity contribution in [3.8, 4) is 0 Å². The lowest BCUT2D eigenvalue weighted by Crippen LogP contribution is -2.37. The van der Waals surface area contributed by atoms with Gasteiger partial charge in [0, 0.05) is 36.9 Å². The third kappa shape index (κ3) is 4.11. The highest BCUT2D eigenvalue weighted by Crippen LogP contribution is 2.27. The highest BCUT2D eigenvalue weighted by molar-refractivity contribution is 6.31. The van der Waals surface area contributed by atoms with Crippen LogP contribution in [-0.4, -0.2) is 45.7 Å². The summed E-state index contributed by atoms with van der Waals surface area (Å²) in [5, 5.41) is 4.01. The van der Waals surface area contributed by atoms with Gasteiger partial charge in [-0.05, 0) is 57.6 Å². The van der Waals surface area contributed by atoms with E-state index >= 15 is 0 Å². The minimum absolute atomic E-state index is 0.823. The third-order valence-corrected chi connectivity index (χ3v) is 4.36. The first-order valence-corrected chi connectivity index (χ1v) is 7.80. The Morgan fingerprint density at radius 2 is 2.00 bits per heavy atom. The molecule has 0 radical (unpaired) electrons. The minimum atomic E-state index is 0.823. The van der Waals surface area contributed by atoms with Crippen LogP contribution >= 0.6 is 11.6 Å². The van der Waals surface area contributed by atoms with E-state index in [0.29, 0.717) is 0 Å². The van der Waals surface area contributed by atoms with Crippen molar-refractivity contribution in [2.75, 3.05) is 45.7 Å². The van der Waals surface area contributed by atoms with Crippen molar-refractivity contribution in [3.05, 3.63) is 28.8 Å². The molecular formula is C16H26ClN3. The van der Waals surface area contributed by atoms with Crippen molar-refractivity contribution < 1.29 is 0 Å². The van der Waals surface area contributed by atoms with Gasteiger partial charge in [0.15, 0.2) is 0 Å². The average Bonchev–Trinajstić information content (AvgIpc) is 2.41. The smallest absolute Gasteiger partial charge is 0.0471 e. The topological polar surface area (TPSA) is 18.5 Å². The van der Waals surface area contributed by atoms with Crippen LogP contribution in [0, 0.1) is 5.92 Å². The van der Waals surface area contributed by atoms with Gasteiger partial charge in [0.1, 0.15) is 0 Å². The van der Waals surface area contributed by atoms with Crippen molar-refractivity contribution in [1.82, 2.24) is 10.2 Å². The fraction of sp³-hybridized carbons (Fsp3) is 0.625.